The van der Waals surface area contributed by atoms with Gasteiger partial charge in [-0.05, 0) is 73.2 Å². The predicted molar refractivity (Wildman–Crippen MR) is 157 cm³/mol. The van der Waals surface area contributed by atoms with Crippen LogP contribution in [0.3, 0.4) is 0 Å². The van der Waals surface area contributed by atoms with Crippen LogP contribution in [0, 0.1) is 17.1 Å². The van der Waals surface area contributed by atoms with E-state index in [1.807, 2.05) is 0 Å². The number of methoxy groups -OCH3 is 1. The van der Waals surface area contributed by atoms with E-state index in [2.05, 4.69) is 16.4 Å². The molecule has 12 heteroatoms. The summed E-state index contributed by atoms with van der Waals surface area (Å²) in [4.78, 5) is 36.8. The molecule has 2 heterocycles. The minimum Gasteiger partial charge on any atom is -0.362 e. The number of nitrogens with one attached hydrogen (secondary N) is 1. The molecule has 2 amide bonds. The van der Waals surface area contributed by atoms with Gasteiger partial charge in [0.2, 0.25) is 0 Å². The first-order valence-electron chi connectivity index (χ1n) is 14.3. The van der Waals surface area contributed by atoms with E-state index in [1.165, 1.54) is 42.5 Å². The minimum atomic E-state index is -2.88. The lowest BCUT2D eigenvalue weighted by Gasteiger charge is -2.45. The first kappa shape index (κ1) is 29.9. The number of hydrogen-bond acceptors (Lipinski definition) is 6. The standard InChI is InChI=1S/C32H29ClF3N5O3/c1-44-28-9-8-26(40(28)27-14-19(18-37)11-13-38-27)29(42)41(22-5-2-4-20(34)15-22)32(30(43)39-21-16-31(35,36)17-21)12-10-23-24(32)6-3-7-25(23)33/h2-7,11,13-15,21,26,28H,8-10,12,16-17H2,1H3,(H,39,43)/t26-,28?,32+/m0/s1. The highest BCUT2D eigenvalue weighted by Gasteiger charge is 2.57. The first-order valence-corrected chi connectivity index (χ1v) is 14.7. The number of alkyl halides is 2. The number of ether oxygens (including phenoxy) is 1. The molecule has 1 saturated heterocycles. The third-order valence-electron chi connectivity index (χ3n) is 8.80. The number of anilines is 2. The number of benzene rings is 2. The number of nitriles is 1. The van der Waals surface area contributed by atoms with Crippen LogP contribution < -0.4 is 15.1 Å². The smallest absolute Gasteiger partial charge is 0.252 e. The quantitative estimate of drug-likeness (QED) is 0.375. The van der Waals surface area contributed by atoms with E-state index in [9.17, 15) is 23.2 Å². The van der Waals surface area contributed by atoms with Crippen molar-refractivity contribution in [3.05, 3.63) is 88.3 Å². The van der Waals surface area contributed by atoms with Crippen LogP contribution in [0.1, 0.15) is 48.8 Å². The summed E-state index contributed by atoms with van der Waals surface area (Å²) in [6, 6.07) is 13.9. The maximum atomic E-state index is 15.0. The van der Waals surface area contributed by atoms with Gasteiger partial charge < -0.3 is 15.0 Å². The van der Waals surface area contributed by atoms with Gasteiger partial charge in [0, 0.05) is 42.9 Å². The first-order chi connectivity index (χ1) is 21.1. The van der Waals surface area contributed by atoms with Crippen molar-refractivity contribution in [2.24, 2.45) is 0 Å². The summed E-state index contributed by atoms with van der Waals surface area (Å²) >= 11 is 6.58. The Labute approximate surface area is 257 Å². The highest BCUT2D eigenvalue weighted by molar-refractivity contribution is 6.31. The number of aromatic nitrogens is 1. The van der Waals surface area contributed by atoms with E-state index >= 15 is 4.79 Å². The number of carbonyl (C=O) groups is 2. The van der Waals surface area contributed by atoms with E-state index in [1.54, 1.807) is 35.2 Å². The predicted octanol–water partition coefficient (Wildman–Crippen LogP) is 5.48. The average molecular weight is 624 g/mol. The van der Waals surface area contributed by atoms with Crippen molar-refractivity contribution >= 4 is 34.9 Å². The van der Waals surface area contributed by atoms with Gasteiger partial charge in [-0.25, -0.2) is 18.2 Å². The summed E-state index contributed by atoms with van der Waals surface area (Å²) in [7, 11) is 1.50. The average Bonchev–Trinajstić information content (AvgIpc) is 3.60. The summed E-state index contributed by atoms with van der Waals surface area (Å²) in [5.74, 6) is -4.36. The molecule has 3 aromatic rings. The van der Waals surface area contributed by atoms with Gasteiger partial charge in [0.15, 0.2) is 5.54 Å². The second kappa shape index (κ2) is 11.4. The SMILES string of the molecule is COC1CC[C@@H](C(=O)N(c2cccc(F)c2)[C@]2(C(=O)NC3CC(F)(F)C3)CCc3c(Cl)cccc32)N1c1cc(C#N)ccn1. The Morgan fingerprint density at radius 1 is 1.16 bits per heavy atom. The van der Waals surface area contributed by atoms with Gasteiger partial charge >= 0.3 is 0 Å². The molecule has 0 spiro atoms. The molecule has 1 aromatic heterocycles. The van der Waals surface area contributed by atoms with E-state index in [0.717, 1.165) is 0 Å². The largest absolute Gasteiger partial charge is 0.362 e. The van der Waals surface area contributed by atoms with Crippen molar-refractivity contribution in [3.8, 4) is 6.07 Å². The van der Waals surface area contributed by atoms with Crippen LogP contribution in [0.15, 0.2) is 60.8 Å². The number of rotatable bonds is 7. The highest BCUT2D eigenvalue weighted by atomic mass is 35.5. The summed E-state index contributed by atoms with van der Waals surface area (Å²) in [5.41, 5.74) is -0.175. The van der Waals surface area contributed by atoms with Crippen molar-refractivity contribution in [2.75, 3.05) is 16.9 Å². The molecule has 2 aliphatic carbocycles. The number of carbonyl (C=O) groups excluding carboxylic acids is 2. The van der Waals surface area contributed by atoms with Crippen LogP contribution in [0.4, 0.5) is 24.7 Å². The fourth-order valence-electron chi connectivity index (χ4n) is 6.77. The maximum Gasteiger partial charge on any atom is 0.252 e. The molecule has 1 unspecified atom stereocenters. The van der Waals surface area contributed by atoms with Gasteiger partial charge in [-0.15, -0.1) is 0 Å². The monoisotopic (exact) mass is 623 g/mol. The molecule has 228 valence electrons. The molecule has 1 N–H and O–H groups in total. The number of halogens is 4. The van der Waals surface area contributed by atoms with Crippen molar-refractivity contribution in [1.82, 2.24) is 10.3 Å². The summed E-state index contributed by atoms with van der Waals surface area (Å²) in [5, 5.41) is 12.7. The summed E-state index contributed by atoms with van der Waals surface area (Å²) < 4.78 is 48.2. The van der Waals surface area contributed by atoms with E-state index < -0.39 is 60.2 Å². The second-order valence-corrected chi connectivity index (χ2v) is 11.8. The van der Waals surface area contributed by atoms with Crippen LogP contribution in [0.5, 0.6) is 0 Å². The molecule has 8 nitrogen and oxygen atoms in total. The molecule has 3 aliphatic rings. The molecule has 1 aliphatic heterocycles. The molecule has 44 heavy (non-hydrogen) atoms. The lowest BCUT2D eigenvalue weighted by Crippen LogP contribution is -2.64. The number of hydrogen-bond donors (Lipinski definition) is 1. The Hall–Kier alpha value is -4.14. The van der Waals surface area contributed by atoms with Crippen molar-refractivity contribution in [3.63, 3.8) is 0 Å². The topological polar surface area (TPSA) is 98.6 Å². The van der Waals surface area contributed by atoms with E-state index in [4.69, 9.17) is 16.3 Å². The van der Waals surface area contributed by atoms with Crippen LogP contribution in [0.25, 0.3) is 0 Å². The molecule has 3 atom stereocenters. The van der Waals surface area contributed by atoms with Gasteiger partial charge in [-0.1, -0.05) is 29.8 Å². The van der Waals surface area contributed by atoms with Crippen molar-refractivity contribution in [2.45, 2.75) is 68.3 Å². The maximum absolute atomic E-state index is 15.0. The van der Waals surface area contributed by atoms with Crippen LogP contribution in [-0.2, 0) is 26.3 Å². The Balaban J connectivity index is 1.51. The molecule has 0 bridgehead atoms. The molecule has 0 radical (unpaired) electrons. The number of pyridine rings is 1. The van der Waals surface area contributed by atoms with Crippen LogP contribution in [-0.4, -0.2) is 48.1 Å². The Morgan fingerprint density at radius 2 is 1.93 bits per heavy atom. The highest BCUT2D eigenvalue weighted by Crippen LogP contribution is 2.48. The van der Waals surface area contributed by atoms with Crippen LogP contribution >= 0.6 is 11.6 Å². The minimum absolute atomic E-state index is 0.0891. The van der Waals surface area contributed by atoms with Gasteiger partial charge in [0.1, 0.15) is 23.9 Å². The Bertz CT molecular complexity index is 1660. The third kappa shape index (κ3) is 5.06. The van der Waals surface area contributed by atoms with E-state index in [-0.39, 0.29) is 12.1 Å². The number of fused-ring (bicyclic) bond motifs is 1. The molecule has 6 rings (SSSR count). The van der Waals surface area contributed by atoms with Gasteiger partial charge in [-0.2, -0.15) is 5.26 Å². The van der Waals surface area contributed by atoms with Gasteiger partial charge in [0.05, 0.1) is 11.6 Å². The normalized spacial score (nSPS) is 23.9. The molecule has 2 aromatic carbocycles. The molecule has 2 fully saturated rings. The molecule has 1 saturated carbocycles. The second-order valence-electron chi connectivity index (χ2n) is 11.4. The Morgan fingerprint density at radius 3 is 2.64 bits per heavy atom. The molecular formula is C32H29ClF3N5O3. The fourth-order valence-corrected chi connectivity index (χ4v) is 7.04. The van der Waals surface area contributed by atoms with Crippen molar-refractivity contribution in [1.29, 1.82) is 5.26 Å². The zero-order valence-corrected chi connectivity index (χ0v) is 24.5. The van der Waals surface area contributed by atoms with Gasteiger partial charge in [-0.3, -0.25) is 14.5 Å². The third-order valence-corrected chi connectivity index (χ3v) is 9.15. The van der Waals surface area contributed by atoms with Gasteiger partial charge in [0.25, 0.3) is 17.7 Å². The number of nitrogens with zero attached hydrogens (tertiary/aromatic N) is 4. The van der Waals surface area contributed by atoms with Crippen molar-refractivity contribution < 1.29 is 27.5 Å². The zero-order valence-electron chi connectivity index (χ0n) is 23.8. The summed E-state index contributed by atoms with van der Waals surface area (Å²) in [6.45, 7) is 0. The number of amides is 2. The van der Waals surface area contributed by atoms with Crippen LogP contribution in [0.2, 0.25) is 5.02 Å². The Kier molecular flexibility index (Phi) is 7.76. The fraction of sp³-hybridized carbons (Fsp3) is 0.375. The lowest BCUT2D eigenvalue weighted by molar-refractivity contribution is -0.137. The summed E-state index contributed by atoms with van der Waals surface area (Å²) in [6.07, 6.45) is 0.999. The lowest BCUT2D eigenvalue weighted by atomic mass is 9.83. The molecular weight excluding hydrogens is 595 g/mol. The van der Waals surface area contributed by atoms with E-state index in [0.29, 0.717) is 46.8 Å². The zero-order chi connectivity index (χ0) is 31.2.